The molecule has 0 aromatic rings. The van der Waals surface area contributed by atoms with Gasteiger partial charge >= 0.3 is 0 Å². The van der Waals surface area contributed by atoms with Crippen LogP contribution in [0.4, 0.5) is 0 Å². The number of ether oxygens (including phenoxy) is 4. The molecule has 10 unspecified atom stereocenters. The molecule has 2 heterocycles. The molecule has 7 N–H and O–H groups in total. The second-order valence-electron chi connectivity index (χ2n) is 6.28. The molecular formula is C14H26O11. The molecule has 25 heavy (non-hydrogen) atoms. The summed E-state index contributed by atoms with van der Waals surface area (Å²) < 4.78 is 20.8. The highest BCUT2D eigenvalue weighted by atomic mass is 16.7. The van der Waals surface area contributed by atoms with Gasteiger partial charge in [-0.3, -0.25) is 0 Å². The summed E-state index contributed by atoms with van der Waals surface area (Å²) in [7, 11) is 0. The third-order valence-electron chi connectivity index (χ3n) is 4.05. The van der Waals surface area contributed by atoms with Crippen molar-refractivity contribution < 1.29 is 54.7 Å². The maximum absolute atomic E-state index is 9.98. The molecule has 2 fully saturated rings. The molecule has 0 spiro atoms. The zero-order chi connectivity index (χ0) is 18.7. The van der Waals surface area contributed by atoms with E-state index in [-0.39, 0.29) is 19.8 Å². The van der Waals surface area contributed by atoms with Crippen molar-refractivity contribution in [1.82, 2.24) is 0 Å². The zero-order valence-electron chi connectivity index (χ0n) is 13.7. The Morgan fingerprint density at radius 1 is 0.880 bits per heavy atom. The molecule has 11 nitrogen and oxygen atoms in total. The van der Waals surface area contributed by atoms with Crippen LogP contribution in [0.25, 0.3) is 0 Å². The third-order valence-corrected chi connectivity index (χ3v) is 4.05. The Bertz CT molecular complexity index is 408. The molecule has 2 rings (SSSR count). The first-order valence-electron chi connectivity index (χ1n) is 7.99. The van der Waals surface area contributed by atoms with Crippen molar-refractivity contribution in [2.45, 2.75) is 68.3 Å². The fourth-order valence-corrected chi connectivity index (χ4v) is 2.54. The van der Waals surface area contributed by atoms with E-state index in [1.54, 1.807) is 0 Å². The number of aliphatic hydroxyl groups excluding tert-OH is 7. The Morgan fingerprint density at radius 3 is 2.16 bits per heavy atom. The van der Waals surface area contributed by atoms with E-state index in [0.29, 0.717) is 0 Å². The number of hydrogen-bond donors (Lipinski definition) is 7. The normalized spacial score (nSPS) is 46.8. The monoisotopic (exact) mass is 370 g/mol. The van der Waals surface area contributed by atoms with Crippen LogP contribution in [0.2, 0.25) is 0 Å². The lowest BCUT2D eigenvalue weighted by atomic mass is 9.99. The molecule has 0 bridgehead atoms. The molecule has 10 atom stereocenters. The van der Waals surface area contributed by atoms with Crippen molar-refractivity contribution in [1.29, 1.82) is 0 Å². The summed E-state index contributed by atoms with van der Waals surface area (Å²) in [5.74, 6) is 0. The van der Waals surface area contributed by atoms with Crippen LogP contribution in [-0.2, 0) is 18.9 Å². The predicted octanol–water partition coefficient (Wildman–Crippen LogP) is -4.35. The first kappa shape index (κ1) is 20.9. The first-order chi connectivity index (χ1) is 11.7. The van der Waals surface area contributed by atoms with E-state index < -0.39 is 61.4 Å². The van der Waals surface area contributed by atoms with Crippen LogP contribution in [0.3, 0.4) is 0 Å². The minimum absolute atomic E-state index is 0.160. The summed E-state index contributed by atoms with van der Waals surface area (Å²) in [5.41, 5.74) is 0. The van der Waals surface area contributed by atoms with Crippen molar-refractivity contribution in [3.05, 3.63) is 0 Å². The second kappa shape index (κ2) is 8.97. The van der Waals surface area contributed by atoms with Gasteiger partial charge in [-0.25, -0.2) is 0 Å². The van der Waals surface area contributed by atoms with Crippen molar-refractivity contribution in [2.75, 3.05) is 19.8 Å². The highest BCUT2D eigenvalue weighted by Crippen LogP contribution is 2.24. The molecule has 2 aliphatic heterocycles. The van der Waals surface area contributed by atoms with Crippen LogP contribution in [0, 0.1) is 0 Å². The summed E-state index contributed by atoms with van der Waals surface area (Å²) in [6.45, 7) is 0.692. The first-order valence-corrected chi connectivity index (χ1v) is 7.99. The number of hydrogen-bond acceptors (Lipinski definition) is 11. The van der Waals surface area contributed by atoms with Gasteiger partial charge in [0.2, 0.25) is 0 Å². The van der Waals surface area contributed by atoms with Gasteiger partial charge in [0.15, 0.2) is 12.6 Å². The van der Waals surface area contributed by atoms with E-state index >= 15 is 0 Å². The van der Waals surface area contributed by atoms with Crippen LogP contribution >= 0.6 is 0 Å². The molecular weight excluding hydrogens is 344 g/mol. The Kier molecular flexibility index (Phi) is 7.49. The van der Waals surface area contributed by atoms with Gasteiger partial charge in [0.05, 0.1) is 25.9 Å². The fraction of sp³-hybridized carbons (Fsp3) is 1.00. The molecule has 0 aliphatic carbocycles. The standard InChI is InChI=1S/C14H26O11/c1-5(15)2-22-14-12(21)10(19)9(18)7(25-14)4-24-13-11(20)8(17)6(16)3-23-13/h5-21H,2-4H2,1H3. The molecule has 0 aromatic carbocycles. The van der Waals surface area contributed by atoms with E-state index in [4.69, 9.17) is 18.9 Å². The SMILES string of the molecule is CC(O)COC1OC(COC2OCC(O)C(O)C2O)C(O)C(O)C1O. The van der Waals surface area contributed by atoms with Crippen LogP contribution < -0.4 is 0 Å². The van der Waals surface area contributed by atoms with Gasteiger partial charge in [-0.05, 0) is 6.92 Å². The lowest BCUT2D eigenvalue weighted by Gasteiger charge is -2.41. The quantitative estimate of drug-likeness (QED) is 0.240. The van der Waals surface area contributed by atoms with E-state index in [1.807, 2.05) is 0 Å². The van der Waals surface area contributed by atoms with Crippen LogP contribution in [0.15, 0.2) is 0 Å². The highest BCUT2D eigenvalue weighted by Gasteiger charge is 2.45. The maximum atomic E-state index is 9.98. The van der Waals surface area contributed by atoms with Gasteiger partial charge in [0, 0.05) is 0 Å². The molecule has 148 valence electrons. The Hall–Kier alpha value is -0.440. The lowest BCUT2D eigenvalue weighted by molar-refractivity contribution is -0.322. The summed E-state index contributed by atoms with van der Waals surface area (Å²) in [6, 6.07) is 0. The minimum Gasteiger partial charge on any atom is -0.391 e. The lowest BCUT2D eigenvalue weighted by Crippen LogP contribution is -2.60. The smallest absolute Gasteiger partial charge is 0.186 e. The van der Waals surface area contributed by atoms with Gasteiger partial charge in [-0.15, -0.1) is 0 Å². The van der Waals surface area contributed by atoms with Crippen molar-refractivity contribution in [2.24, 2.45) is 0 Å². The fourth-order valence-electron chi connectivity index (χ4n) is 2.54. The topological polar surface area (TPSA) is 179 Å². The summed E-state index contributed by atoms with van der Waals surface area (Å²) >= 11 is 0. The Balaban J connectivity index is 1.91. The minimum atomic E-state index is -1.58. The molecule has 11 heteroatoms. The van der Waals surface area contributed by atoms with Crippen LogP contribution in [0.1, 0.15) is 6.92 Å². The largest absolute Gasteiger partial charge is 0.391 e. The van der Waals surface area contributed by atoms with Gasteiger partial charge in [-0.1, -0.05) is 0 Å². The number of rotatable bonds is 6. The van der Waals surface area contributed by atoms with Gasteiger partial charge < -0.3 is 54.7 Å². The van der Waals surface area contributed by atoms with E-state index in [0.717, 1.165) is 0 Å². The average molecular weight is 370 g/mol. The molecule has 2 saturated heterocycles. The Morgan fingerprint density at radius 2 is 1.52 bits per heavy atom. The van der Waals surface area contributed by atoms with Crippen molar-refractivity contribution in [3.8, 4) is 0 Å². The average Bonchev–Trinajstić information content (AvgIpc) is 2.57. The third kappa shape index (κ3) is 5.05. The molecule has 0 saturated carbocycles. The molecule has 2 aliphatic rings. The second-order valence-corrected chi connectivity index (χ2v) is 6.28. The zero-order valence-corrected chi connectivity index (χ0v) is 13.7. The van der Waals surface area contributed by atoms with Crippen molar-refractivity contribution >= 4 is 0 Å². The van der Waals surface area contributed by atoms with E-state index in [9.17, 15) is 35.7 Å². The van der Waals surface area contributed by atoms with Gasteiger partial charge in [0.25, 0.3) is 0 Å². The van der Waals surface area contributed by atoms with Gasteiger partial charge in [0.1, 0.15) is 42.7 Å². The predicted molar refractivity (Wildman–Crippen MR) is 78.0 cm³/mol. The van der Waals surface area contributed by atoms with Gasteiger partial charge in [-0.2, -0.15) is 0 Å². The summed E-state index contributed by atoms with van der Waals surface area (Å²) in [6.07, 6.45) is -13.3. The van der Waals surface area contributed by atoms with E-state index in [1.165, 1.54) is 6.92 Å². The molecule has 0 amide bonds. The summed E-state index contributed by atoms with van der Waals surface area (Å²) in [5, 5.41) is 67.7. The highest BCUT2D eigenvalue weighted by molar-refractivity contribution is 4.90. The van der Waals surface area contributed by atoms with Crippen molar-refractivity contribution in [3.63, 3.8) is 0 Å². The van der Waals surface area contributed by atoms with E-state index in [2.05, 4.69) is 0 Å². The Labute approximate surface area is 143 Å². The van der Waals surface area contributed by atoms with Crippen LogP contribution in [-0.4, -0.2) is 117 Å². The molecule has 0 aromatic heterocycles. The molecule has 0 radical (unpaired) electrons. The summed E-state index contributed by atoms with van der Waals surface area (Å²) in [4.78, 5) is 0. The number of aliphatic hydroxyl groups is 7. The van der Waals surface area contributed by atoms with Crippen LogP contribution in [0.5, 0.6) is 0 Å². The maximum Gasteiger partial charge on any atom is 0.186 e.